The number of carboxylic acid groups (broad SMARTS) is 1. The van der Waals surface area contributed by atoms with Crippen molar-refractivity contribution >= 4 is 17.8 Å². The normalized spacial score (nSPS) is 29.0. The van der Waals surface area contributed by atoms with E-state index in [0.29, 0.717) is 18.7 Å². The van der Waals surface area contributed by atoms with Gasteiger partial charge in [0.05, 0.1) is 18.8 Å². The minimum Gasteiger partial charge on any atom is -0.484 e. The molecule has 3 N–H and O–H groups in total. The topological polar surface area (TPSA) is 126 Å². The predicted octanol–water partition coefficient (Wildman–Crippen LogP) is 1.28. The van der Waals surface area contributed by atoms with Gasteiger partial charge in [0, 0.05) is 18.9 Å². The maximum atomic E-state index is 12.3. The highest BCUT2D eigenvalue weighted by Gasteiger charge is 2.68. The molecule has 3 aliphatic heterocycles. The van der Waals surface area contributed by atoms with Crippen molar-refractivity contribution in [1.82, 2.24) is 10.6 Å². The van der Waals surface area contributed by atoms with Crippen LogP contribution in [0.25, 0.3) is 0 Å². The van der Waals surface area contributed by atoms with Crippen LogP contribution in [-0.4, -0.2) is 67.0 Å². The molecular formula is C24H30N2O7. The van der Waals surface area contributed by atoms with Crippen LogP contribution in [0.15, 0.2) is 42.5 Å². The van der Waals surface area contributed by atoms with Crippen LogP contribution in [0.4, 0.5) is 0 Å². The monoisotopic (exact) mass is 458 g/mol. The Morgan fingerprint density at radius 3 is 2.42 bits per heavy atom. The van der Waals surface area contributed by atoms with E-state index in [1.807, 2.05) is 24.3 Å². The fourth-order valence-electron chi connectivity index (χ4n) is 4.69. The number of benzene rings is 1. The molecule has 1 aromatic rings. The van der Waals surface area contributed by atoms with Crippen LogP contribution >= 0.6 is 0 Å². The van der Waals surface area contributed by atoms with Crippen LogP contribution in [0.1, 0.15) is 25.7 Å². The molecule has 9 heteroatoms. The molecule has 0 radical (unpaired) electrons. The fraction of sp³-hybridized carbons (Fsp3) is 0.542. The first-order valence-electron chi connectivity index (χ1n) is 11.4. The van der Waals surface area contributed by atoms with Crippen LogP contribution in [0.3, 0.4) is 0 Å². The van der Waals surface area contributed by atoms with E-state index >= 15 is 0 Å². The number of epoxide rings is 1. The summed E-state index contributed by atoms with van der Waals surface area (Å²) in [5.41, 5.74) is 0. The number of para-hydroxylation sites is 1. The minimum atomic E-state index is -0.780. The molecule has 2 bridgehead atoms. The van der Waals surface area contributed by atoms with Crippen molar-refractivity contribution < 1.29 is 33.7 Å². The van der Waals surface area contributed by atoms with E-state index in [-0.39, 0.29) is 67.6 Å². The molecule has 9 nitrogen and oxygen atoms in total. The highest BCUT2D eigenvalue weighted by atomic mass is 16.7. The number of carbonyl (C=O) groups is 3. The first kappa shape index (κ1) is 23.3. The number of fused-ring (bicyclic) bond motifs is 5. The highest BCUT2D eigenvalue weighted by molar-refractivity contribution is 5.85. The molecule has 3 saturated heterocycles. The number of nitrogens with one attached hydrogen (secondary N) is 2. The molecule has 0 spiro atoms. The van der Waals surface area contributed by atoms with Crippen LogP contribution in [-0.2, 0) is 23.9 Å². The molecule has 3 heterocycles. The van der Waals surface area contributed by atoms with Crippen molar-refractivity contribution in [3.63, 3.8) is 0 Å². The van der Waals surface area contributed by atoms with Crippen molar-refractivity contribution in [2.45, 2.75) is 50.1 Å². The van der Waals surface area contributed by atoms with Crippen LogP contribution in [0, 0.1) is 11.8 Å². The Hall–Kier alpha value is -2.91. The first-order chi connectivity index (χ1) is 16.0. The Morgan fingerprint density at radius 1 is 0.939 bits per heavy atom. The Labute approximate surface area is 192 Å². The molecule has 0 saturated carbocycles. The minimum absolute atomic E-state index is 0.0143. The number of rotatable bonds is 13. The summed E-state index contributed by atoms with van der Waals surface area (Å²) in [7, 11) is 0. The van der Waals surface area contributed by atoms with Crippen molar-refractivity contribution in [1.29, 1.82) is 0 Å². The Bertz CT molecular complexity index is 875. The van der Waals surface area contributed by atoms with E-state index in [1.54, 1.807) is 12.1 Å². The molecule has 6 unspecified atom stereocenters. The molecule has 178 valence electrons. The lowest BCUT2D eigenvalue weighted by Crippen LogP contribution is -2.44. The van der Waals surface area contributed by atoms with Gasteiger partial charge in [-0.1, -0.05) is 30.4 Å². The van der Waals surface area contributed by atoms with Gasteiger partial charge in [-0.15, -0.1) is 0 Å². The molecule has 0 aliphatic carbocycles. The molecule has 3 aliphatic rings. The summed E-state index contributed by atoms with van der Waals surface area (Å²) < 4.78 is 17.2. The molecular weight excluding hydrogens is 428 g/mol. The average Bonchev–Trinajstić information content (AvgIpc) is 3.44. The van der Waals surface area contributed by atoms with Crippen LogP contribution < -0.4 is 15.4 Å². The number of hydrogen-bond donors (Lipinski definition) is 3. The number of hydrogen-bond acceptors (Lipinski definition) is 6. The second-order valence-corrected chi connectivity index (χ2v) is 8.63. The van der Waals surface area contributed by atoms with Crippen molar-refractivity contribution in [3.05, 3.63) is 42.5 Å². The summed E-state index contributed by atoms with van der Waals surface area (Å²) in [4.78, 5) is 34.8. The average molecular weight is 459 g/mol. The SMILES string of the molecule is O=C(O)CCC/C=C\CC1C(CNC(=O)CNC(=O)COc2ccccc2)C2OC1C1OC21. The summed E-state index contributed by atoms with van der Waals surface area (Å²) in [5, 5.41) is 14.2. The zero-order valence-electron chi connectivity index (χ0n) is 18.4. The number of aliphatic carboxylic acids is 1. The maximum Gasteiger partial charge on any atom is 0.303 e. The zero-order valence-corrected chi connectivity index (χ0v) is 18.4. The Morgan fingerprint density at radius 2 is 1.67 bits per heavy atom. The van der Waals surface area contributed by atoms with E-state index in [2.05, 4.69) is 16.7 Å². The lowest BCUT2D eigenvalue weighted by Gasteiger charge is -2.25. The quantitative estimate of drug-likeness (QED) is 0.231. The summed E-state index contributed by atoms with van der Waals surface area (Å²) >= 11 is 0. The van der Waals surface area contributed by atoms with Crippen LogP contribution in [0.5, 0.6) is 5.75 Å². The van der Waals surface area contributed by atoms with Gasteiger partial charge in [0.15, 0.2) is 6.61 Å². The smallest absolute Gasteiger partial charge is 0.303 e. The largest absolute Gasteiger partial charge is 0.484 e. The number of carbonyl (C=O) groups excluding carboxylic acids is 2. The third-order valence-electron chi connectivity index (χ3n) is 6.35. The predicted molar refractivity (Wildman–Crippen MR) is 118 cm³/mol. The van der Waals surface area contributed by atoms with Gasteiger partial charge in [-0.05, 0) is 37.3 Å². The third-order valence-corrected chi connectivity index (χ3v) is 6.35. The summed E-state index contributed by atoms with van der Waals surface area (Å²) in [6.45, 7) is 0.189. The highest BCUT2D eigenvalue weighted by Crippen LogP contribution is 2.54. The third kappa shape index (κ3) is 6.11. The molecule has 0 aromatic heterocycles. The number of allylic oxidation sites excluding steroid dienone is 2. The molecule has 6 atom stereocenters. The first-order valence-corrected chi connectivity index (χ1v) is 11.4. The number of unbranched alkanes of at least 4 members (excludes halogenated alkanes) is 1. The second kappa shape index (κ2) is 10.8. The van der Waals surface area contributed by atoms with Crippen molar-refractivity contribution in [3.8, 4) is 5.75 Å². The zero-order chi connectivity index (χ0) is 23.2. The van der Waals surface area contributed by atoms with Gasteiger partial charge in [0.25, 0.3) is 5.91 Å². The van der Waals surface area contributed by atoms with Crippen molar-refractivity contribution in [2.75, 3.05) is 19.7 Å². The van der Waals surface area contributed by atoms with Gasteiger partial charge in [-0.3, -0.25) is 14.4 Å². The van der Waals surface area contributed by atoms with Gasteiger partial charge in [-0.25, -0.2) is 0 Å². The van der Waals surface area contributed by atoms with Crippen LogP contribution in [0.2, 0.25) is 0 Å². The number of ether oxygens (including phenoxy) is 3. The lowest BCUT2D eigenvalue weighted by molar-refractivity contribution is -0.137. The van der Waals surface area contributed by atoms with Gasteiger partial charge in [0.2, 0.25) is 5.91 Å². The summed E-state index contributed by atoms with van der Waals surface area (Å²) in [6, 6.07) is 9.01. The van der Waals surface area contributed by atoms with Crippen molar-refractivity contribution in [2.24, 2.45) is 11.8 Å². The lowest BCUT2D eigenvalue weighted by atomic mass is 9.77. The molecule has 1 aromatic carbocycles. The van der Waals surface area contributed by atoms with E-state index in [0.717, 1.165) is 12.8 Å². The number of carboxylic acids is 1. The van der Waals surface area contributed by atoms with E-state index in [9.17, 15) is 14.4 Å². The van der Waals surface area contributed by atoms with Gasteiger partial charge in [0.1, 0.15) is 18.0 Å². The molecule has 33 heavy (non-hydrogen) atoms. The van der Waals surface area contributed by atoms with E-state index in [1.165, 1.54) is 0 Å². The molecule has 4 rings (SSSR count). The van der Waals surface area contributed by atoms with Gasteiger partial charge >= 0.3 is 5.97 Å². The second-order valence-electron chi connectivity index (χ2n) is 8.63. The molecule has 3 fully saturated rings. The van der Waals surface area contributed by atoms with E-state index in [4.69, 9.17) is 19.3 Å². The van der Waals surface area contributed by atoms with E-state index < -0.39 is 5.97 Å². The fourth-order valence-corrected chi connectivity index (χ4v) is 4.69. The number of amides is 2. The maximum absolute atomic E-state index is 12.3. The molecule has 2 amide bonds. The van der Waals surface area contributed by atoms with Gasteiger partial charge in [-0.2, -0.15) is 0 Å². The Kier molecular flexibility index (Phi) is 7.61. The summed E-state index contributed by atoms with van der Waals surface area (Å²) in [5.74, 6) is -0.430. The Balaban J connectivity index is 1.17. The standard InChI is InChI=1S/C24H30N2O7/c27-18(13-26-19(28)14-31-15-8-4-3-5-9-15)25-12-17-16(10-6-1-2-7-11-20(29)30)21-23-24(33-23)22(17)32-21/h1,3-6,8-9,16-17,21-24H,2,7,10-14H2,(H,25,27)(H,26,28)(H,29,30)/b6-1-. The van der Waals surface area contributed by atoms with Gasteiger partial charge < -0.3 is 30.0 Å². The summed E-state index contributed by atoms with van der Waals surface area (Å²) in [6.07, 6.45) is 6.73.